The summed E-state index contributed by atoms with van der Waals surface area (Å²) in [6.45, 7) is 1.69. The first-order valence-electron chi connectivity index (χ1n) is 6.79. The Morgan fingerprint density at radius 2 is 1.95 bits per heavy atom. The number of hydrogen-bond donors (Lipinski definition) is 2. The van der Waals surface area contributed by atoms with Gasteiger partial charge in [0.25, 0.3) is 0 Å². The first kappa shape index (κ1) is 15.2. The van der Waals surface area contributed by atoms with Gasteiger partial charge in [-0.1, -0.05) is 30.2 Å². The molecule has 0 aliphatic rings. The summed E-state index contributed by atoms with van der Waals surface area (Å²) in [7, 11) is 0. The maximum Gasteiger partial charge on any atom is 0.202 e. The second kappa shape index (κ2) is 8.19. The van der Waals surface area contributed by atoms with Gasteiger partial charge in [-0.3, -0.25) is 0 Å². The van der Waals surface area contributed by atoms with Gasteiger partial charge in [0.1, 0.15) is 5.82 Å². The molecule has 0 spiro atoms. The van der Waals surface area contributed by atoms with Gasteiger partial charge in [-0.15, -0.1) is 0 Å². The molecule has 1 aromatic carbocycles. The van der Waals surface area contributed by atoms with E-state index in [0.29, 0.717) is 0 Å². The van der Waals surface area contributed by atoms with E-state index >= 15 is 0 Å². The van der Waals surface area contributed by atoms with Crippen LogP contribution in [0.4, 0.5) is 5.13 Å². The van der Waals surface area contributed by atoms with E-state index in [4.69, 9.17) is 17.3 Å². The minimum Gasteiger partial charge on any atom is -0.360 e. The molecule has 0 fully saturated rings. The predicted molar refractivity (Wildman–Crippen MR) is 85.6 cm³/mol. The highest BCUT2D eigenvalue weighted by Gasteiger charge is 2.04. The SMILES string of the molecule is NCCCCCNc1nc(Cc2ccc(Cl)cc2)ns1. The highest BCUT2D eigenvalue weighted by Crippen LogP contribution is 2.16. The maximum atomic E-state index is 5.87. The largest absolute Gasteiger partial charge is 0.360 e. The van der Waals surface area contributed by atoms with E-state index in [2.05, 4.69) is 14.7 Å². The van der Waals surface area contributed by atoms with E-state index in [1.165, 1.54) is 17.1 Å². The quantitative estimate of drug-likeness (QED) is 0.734. The summed E-state index contributed by atoms with van der Waals surface area (Å²) in [5.41, 5.74) is 6.63. The van der Waals surface area contributed by atoms with Gasteiger partial charge in [0.2, 0.25) is 5.13 Å². The number of anilines is 1. The van der Waals surface area contributed by atoms with E-state index in [0.717, 1.165) is 54.8 Å². The van der Waals surface area contributed by atoms with Crippen molar-refractivity contribution in [3.8, 4) is 0 Å². The van der Waals surface area contributed by atoms with Crippen molar-refractivity contribution in [3.05, 3.63) is 40.7 Å². The van der Waals surface area contributed by atoms with Crippen LogP contribution < -0.4 is 11.1 Å². The summed E-state index contributed by atoms with van der Waals surface area (Å²) in [4.78, 5) is 4.48. The van der Waals surface area contributed by atoms with Crippen LogP contribution in [0.1, 0.15) is 30.7 Å². The standard InChI is InChI=1S/C14H19ClN4S/c15-12-6-4-11(5-7-12)10-13-18-14(20-19-13)17-9-3-1-2-8-16/h4-7H,1-3,8-10,16H2,(H,17,18,19). The molecule has 0 bridgehead atoms. The van der Waals surface area contributed by atoms with Gasteiger partial charge in [-0.05, 0) is 37.1 Å². The lowest BCUT2D eigenvalue weighted by Crippen LogP contribution is -2.03. The van der Waals surface area contributed by atoms with Crippen LogP contribution in [0, 0.1) is 0 Å². The molecular weight excluding hydrogens is 292 g/mol. The fourth-order valence-electron chi connectivity index (χ4n) is 1.82. The summed E-state index contributed by atoms with van der Waals surface area (Å²) in [6, 6.07) is 7.78. The summed E-state index contributed by atoms with van der Waals surface area (Å²) < 4.78 is 4.36. The van der Waals surface area contributed by atoms with Crippen LogP contribution in [0.25, 0.3) is 0 Å². The van der Waals surface area contributed by atoms with Crippen molar-refractivity contribution in [2.24, 2.45) is 5.73 Å². The highest BCUT2D eigenvalue weighted by atomic mass is 35.5. The van der Waals surface area contributed by atoms with Crippen LogP contribution in [0.5, 0.6) is 0 Å². The van der Waals surface area contributed by atoms with Gasteiger partial charge in [0.05, 0.1) is 0 Å². The normalized spacial score (nSPS) is 10.7. The third kappa shape index (κ3) is 5.07. The summed E-state index contributed by atoms with van der Waals surface area (Å²) >= 11 is 7.28. The van der Waals surface area contributed by atoms with Gasteiger partial charge in [0.15, 0.2) is 0 Å². The zero-order valence-corrected chi connectivity index (χ0v) is 12.9. The van der Waals surface area contributed by atoms with Crippen molar-refractivity contribution < 1.29 is 0 Å². The second-order valence-electron chi connectivity index (χ2n) is 4.60. The number of nitrogens with two attached hydrogens (primary N) is 1. The number of hydrogen-bond acceptors (Lipinski definition) is 5. The highest BCUT2D eigenvalue weighted by molar-refractivity contribution is 7.09. The average molecular weight is 311 g/mol. The Kier molecular flexibility index (Phi) is 6.24. The van der Waals surface area contributed by atoms with Crippen molar-refractivity contribution in [1.29, 1.82) is 0 Å². The number of rotatable bonds is 8. The van der Waals surface area contributed by atoms with Crippen molar-refractivity contribution in [2.45, 2.75) is 25.7 Å². The Hall–Kier alpha value is -1.17. The Balaban J connectivity index is 1.78. The van der Waals surface area contributed by atoms with Crippen LogP contribution >= 0.6 is 23.1 Å². The van der Waals surface area contributed by atoms with Crippen LogP contribution in [0.2, 0.25) is 5.02 Å². The average Bonchev–Trinajstić information content (AvgIpc) is 2.89. The van der Waals surface area contributed by atoms with Crippen LogP contribution in [0.3, 0.4) is 0 Å². The van der Waals surface area contributed by atoms with E-state index in [9.17, 15) is 0 Å². The topological polar surface area (TPSA) is 63.8 Å². The smallest absolute Gasteiger partial charge is 0.202 e. The molecule has 6 heteroatoms. The zero-order chi connectivity index (χ0) is 14.2. The third-order valence-corrected chi connectivity index (χ3v) is 3.86. The van der Waals surface area contributed by atoms with Crippen molar-refractivity contribution in [1.82, 2.24) is 9.36 Å². The summed E-state index contributed by atoms with van der Waals surface area (Å²) in [6.07, 6.45) is 4.09. The molecule has 1 heterocycles. The number of halogens is 1. The lowest BCUT2D eigenvalue weighted by Gasteiger charge is -2.00. The Bertz CT molecular complexity index is 512. The van der Waals surface area contributed by atoms with Crippen molar-refractivity contribution in [3.63, 3.8) is 0 Å². The van der Waals surface area contributed by atoms with E-state index in [1.807, 2.05) is 24.3 Å². The molecule has 0 unspecified atom stereocenters. The molecule has 2 aromatic rings. The number of unbranched alkanes of at least 4 members (excludes halogenated alkanes) is 2. The van der Waals surface area contributed by atoms with Gasteiger partial charge in [0, 0.05) is 29.5 Å². The van der Waals surface area contributed by atoms with Gasteiger partial charge in [-0.2, -0.15) is 4.37 Å². The van der Waals surface area contributed by atoms with E-state index < -0.39 is 0 Å². The summed E-state index contributed by atoms with van der Waals surface area (Å²) in [5, 5.41) is 4.94. The molecule has 3 N–H and O–H groups in total. The lowest BCUT2D eigenvalue weighted by atomic mass is 10.1. The van der Waals surface area contributed by atoms with E-state index in [-0.39, 0.29) is 0 Å². The molecule has 20 heavy (non-hydrogen) atoms. The Morgan fingerprint density at radius 3 is 2.70 bits per heavy atom. The number of nitrogens with one attached hydrogen (secondary N) is 1. The Labute approximate surface area is 128 Å². The first-order valence-corrected chi connectivity index (χ1v) is 7.94. The van der Waals surface area contributed by atoms with Crippen LogP contribution in [0.15, 0.2) is 24.3 Å². The molecule has 0 saturated heterocycles. The monoisotopic (exact) mass is 310 g/mol. The molecule has 4 nitrogen and oxygen atoms in total. The van der Waals surface area contributed by atoms with Crippen LogP contribution in [-0.2, 0) is 6.42 Å². The lowest BCUT2D eigenvalue weighted by molar-refractivity contribution is 0.707. The second-order valence-corrected chi connectivity index (χ2v) is 5.78. The van der Waals surface area contributed by atoms with E-state index in [1.54, 1.807) is 0 Å². The van der Waals surface area contributed by atoms with Gasteiger partial charge >= 0.3 is 0 Å². The fourth-order valence-corrected chi connectivity index (χ4v) is 2.56. The first-order chi connectivity index (χ1) is 9.78. The number of nitrogens with zero attached hydrogens (tertiary/aromatic N) is 2. The molecule has 108 valence electrons. The molecular formula is C14H19ClN4S. The van der Waals surface area contributed by atoms with Gasteiger partial charge in [-0.25, -0.2) is 4.98 Å². The molecule has 0 amide bonds. The minimum atomic E-state index is 0.739. The minimum absolute atomic E-state index is 0.739. The summed E-state index contributed by atoms with van der Waals surface area (Å²) in [5.74, 6) is 0.849. The fraction of sp³-hybridized carbons (Fsp3) is 0.429. The Morgan fingerprint density at radius 1 is 1.15 bits per heavy atom. The third-order valence-electron chi connectivity index (χ3n) is 2.90. The van der Waals surface area contributed by atoms with Gasteiger partial charge < -0.3 is 11.1 Å². The number of aromatic nitrogens is 2. The van der Waals surface area contributed by atoms with Crippen LogP contribution in [-0.4, -0.2) is 22.4 Å². The molecule has 1 aromatic heterocycles. The molecule has 0 radical (unpaired) electrons. The number of benzene rings is 1. The zero-order valence-electron chi connectivity index (χ0n) is 11.3. The molecule has 0 aliphatic heterocycles. The maximum absolute atomic E-state index is 5.87. The molecule has 0 saturated carbocycles. The predicted octanol–water partition coefficient (Wildman–Crippen LogP) is 3.32. The molecule has 2 rings (SSSR count). The molecule has 0 aliphatic carbocycles. The molecule has 0 atom stereocenters. The van der Waals surface area contributed by atoms with Crippen molar-refractivity contribution in [2.75, 3.05) is 18.4 Å². The van der Waals surface area contributed by atoms with Crippen molar-refractivity contribution >= 4 is 28.3 Å².